The van der Waals surface area contributed by atoms with Crippen LogP contribution in [-0.4, -0.2) is 54.7 Å². The zero-order valence-electron chi connectivity index (χ0n) is 14.2. The molecular weight excluding hydrogens is 308 g/mol. The van der Waals surface area contributed by atoms with Gasteiger partial charge in [-0.3, -0.25) is 9.59 Å². The minimum absolute atomic E-state index is 0.0279. The summed E-state index contributed by atoms with van der Waals surface area (Å²) >= 11 is 0. The van der Waals surface area contributed by atoms with Crippen molar-refractivity contribution in [1.29, 1.82) is 0 Å². The number of rotatable bonds is 3. The highest BCUT2D eigenvalue weighted by molar-refractivity contribution is 5.98. The molecule has 0 radical (unpaired) electrons. The van der Waals surface area contributed by atoms with Crippen molar-refractivity contribution in [2.45, 2.75) is 45.0 Å². The van der Waals surface area contributed by atoms with Crippen LogP contribution in [0.2, 0.25) is 0 Å². The van der Waals surface area contributed by atoms with Crippen molar-refractivity contribution in [3.8, 4) is 0 Å². The minimum atomic E-state index is -0.384. The summed E-state index contributed by atoms with van der Waals surface area (Å²) in [6, 6.07) is 7.06. The van der Waals surface area contributed by atoms with E-state index >= 15 is 0 Å². The number of hydrogen-bond donors (Lipinski definition) is 1. The van der Waals surface area contributed by atoms with Crippen LogP contribution in [0.3, 0.4) is 0 Å². The van der Waals surface area contributed by atoms with Gasteiger partial charge in [0, 0.05) is 30.9 Å². The molecule has 1 aromatic rings. The van der Waals surface area contributed by atoms with Gasteiger partial charge in [-0.1, -0.05) is 6.07 Å². The average molecular weight is 332 g/mol. The fourth-order valence-corrected chi connectivity index (χ4v) is 3.26. The standard InChI is InChI=1S/C18H24N2O4/c1-12-10-20(11-13(2)24-12)18(22)14-5-3-6-15(9-14)19-17(21)16-7-4-8-23-16/h3,5-6,9,12-13,16H,4,7-8,10-11H2,1-2H3,(H,19,21)/t12-,13+,16-/m0/s1. The number of amides is 2. The van der Waals surface area contributed by atoms with E-state index in [9.17, 15) is 9.59 Å². The van der Waals surface area contributed by atoms with Gasteiger partial charge in [0.05, 0.1) is 12.2 Å². The van der Waals surface area contributed by atoms with Gasteiger partial charge in [0.2, 0.25) is 0 Å². The molecule has 2 heterocycles. The molecule has 2 amide bonds. The summed E-state index contributed by atoms with van der Waals surface area (Å²) in [5, 5.41) is 2.84. The van der Waals surface area contributed by atoms with Crippen molar-refractivity contribution in [1.82, 2.24) is 4.90 Å². The second-order valence-electron chi connectivity index (χ2n) is 6.54. The van der Waals surface area contributed by atoms with Crippen molar-refractivity contribution in [2.24, 2.45) is 0 Å². The smallest absolute Gasteiger partial charge is 0.254 e. The van der Waals surface area contributed by atoms with Crippen LogP contribution in [0.25, 0.3) is 0 Å². The van der Waals surface area contributed by atoms with E-state index in [1.54, 1.807) is 29.2 Å². The van der Waals surface area contributed by atoms with Gasteiger partial charge in [-0.25, -0.2) is 0 Å². The SMILES string of the molecule is C[C@@H]1CN(C(=O)c2cccc(NC(=O)[C@@H]3CCCO3)c2)C[C@H](C)O1. The van der Waals surface area contributed by atoms with E-state index in [2.05, 4.69) is 5.32 Å². The quantitative estimate of drug-likeness (QED) is 0.920. The summed E-state index contributed by atoms with van der Waals surface area (Å²) in [7, 11) is 0. The molecule has 0 unspecified atom stereocenters. The summed E-state index contributed by atoms with van der Waals surface area (Å²) in [6.45, 7) is 5.72. The predicted octanol–water partition coefficient (Wildman–Crippen LogP) is 2.05. The summed E-state index contributed by atoms with van der Waals surface area (Å²) in [5.41, 5.74) is 1.19. The van der Waals surface area contributed by atoms with Crippen LogP contribution in [0.1, 0.15) is 37.0 Å². The highest BCUT2D eigenvalue weighted by Crippen LogP contribution is 2.19. The molecule has 1 N–H and O–H groups in total. The molecule has 3 atom stereocenters. The van der Waals surface area contributed by atoms with Crippen molar-refractivity contribution < 1.29 is 19.1 Å². The molecule has 0 saturated carbocycles. The van der Waals surface area contributed by atoms with E-state index in [0.717, 1.165) is 12.8 Å². The highest BCUT2D eigenvalue weighted by atomic mass is 16.5. The molecule has 2 aliphatic heterocycles. The minimum Gasteiger partial charge on any atom is -0.372 e. The van der Waals surface area contributed by atoms with Gasteiger partial charge in [0.15, 0.2) is 0 Å². The van der Waals surface area contributed by atoms with Gasteiger partial charge in [0.25, 0.3) is 11.8 Å². The van der Waals surface area contributed by atoms with Crippen LogP contribution in [0.15, 0.2) is 24.3 Å². The maximum atomic E-state index is 12.7. The average Bonchev–Trinajstić information content (AvgIpc) is 3.08. The Morgan fingerprint density at radius 2 is 1.96 bits per heavy atom. The largest absolute Gasteiger partial charge is 0.372 e. The second kappa shape index (κ2) is 7.32. The number of carbonyl (C=O) groups is 2. The van der Waals surface area contributed by atoms with Crippen LogP contribution >= 0.6 is 0 Å². The van der Waals surface area contributed by atoms with Crippen LogP contribution in [0.5, 0.6) is 0 Å². The van der Waals surface area contributed by atoms with Gasteiger partial charge in [-0.15, -0.1) is 0 Å². The Morgan fingerprint density at radius 1 is 1.21 bits per heavy atom. The molecule has 2 aliphatic rings. The van der Waals surface area contributed by atoms with Crippen molar-refractivity contribution in [2.75, 3.05) is 25.0 Å². The molecule has 130 valence electrons. The number of anilines is 1. The molecule has 3 rings (SSSR count). The Bertz CT molecular complexity index is 603. The van der Waals surface area contributed by atoms with E-state index in [4.69, 9.17) is 9.47 Å². The van der Waals surface area contributed by atoms with Crippen LogP contribution in [0, 0.1) is 0 Å². The number of nitrogens with zero attached hydrogens (tertiary/aromatic N) is 1. The van der Waals surface area contributed by atoms with Gasteiger partial charge in [-0.2, -0.15) is 0 Å². The van der Waals surface area contributed by atoms with Crippen LogP contribution in [-0.2, 0) is 14.3 Å². The lowest BCUT2D eigenvalue weighted by atomic mass is 10.1. The van der Waals surface area contributed by atoms with E-state index in [1.165, 1.54) is 0 Å². The Morgan fingerprint density at radius 3 is 2.62 bits per heavy atom. The van der Waals surface area contributed by atoms with E-state index in [1.807, 2.05) is 13.8 Å². The second-order valence-corrected chi connectivity index (χ2v) is 6.54. The van der Waals surface area contributed by atoms with Gasteiger partial charge >= 0.3 is 0 Å². The van der Waals surface area contributed by atoms with Crippen molar-refractivity contribution >= 4 is 17.5 Å². The number of nitrogens with one attached hydrogen (secondary N) is 1. The maximum Gasteiger partial charge on any atom is 0.254 e. The maximum absolute atomic E-state index is 12.7. The number of morpholine rings is 1. The van der Waals surface area contributed by atoms with Crippen LogP contribution in [0.4, 0.5) is 5.69 Å². The summed E-state index contributed by atoms with van der Waals surface area (Å²) in [4.78, 5) is 26.7. The van der Waals surface area contributed by atoms with E-state index in [-0.39, 0.29) is 30.1 Å². The summed E-state index contributed by atoms with van der Waals surface area (Å²) in [6.07, 6.45) is 1.32. The zero-order valence-corrected chi connectivity index (χ0v) is 14.2. The van der Waals surface area contributed by atoms with Gasteiger partial charge < -0.3 is 19.7 Å². The normalized spacial score (nSPS) is 27.1. The first-order valence-corrected chi connectivity index (χ1v) is 8.50. The fourth-order valence-electron chi connectivity index (χ4n) is 3.26. The Kier molecular flexibility index (Phi) is 5.16. The first kappa shape index (κ1) is 16.9. The fraction of sp³-hybridized carbons (Fsp3) is 0.556. The Hall–Kier alpha value is -1.92. The topological polar surface area (TPSA) is 67.9 Å². The molecule has 2 fully saturated rings. The molecule has 1 aromatic carbocycles. The van der Waals surface area contributed by atoms with Crippen LogP contribution < -0.4 is 5.32 Å². The first-order valence-electron chi connectivity index (χ1n) is 8.50. The summed E-state index contributed by atoms with van der Waals surface area (Å²) < 4.78 is 11.1. The van der Waals surface area contributed by atoms with Crippen molar-refractivity contribution in [3.05, 3.63) is 29.8 Å². The lowest BCUT2D eigenvalue weighted by Gasteiger charge is -2.35. The van der Waals surface area contributed by atoms with Crippen molar-refractivity contribution in [3.63, 3.8) is 0 Å². The predicted molar refractivity (Wildman–Crippen MR) is 90.0 cm³/mol. The van der Waals surface area contributed by atoms with E-state index in [0.29, 0.717) is 30.9 Å². The number of hydrogen-bond acceptors (Lipinski definition) is 4. The molecule has 0 spiro atoms. The molecule has 0 bridgehead atoms. The third-order valence-electron chi connectivity index (χ3n) is 4.31. The lowest BCUT2D eigenvalue weighted by Crippen LogP contribution is -2.48. The molecule has 24 heavy (non-hydrogen) atoms. The molecule has 2 saturated heterocycles. The molecule has 6 nitrogen and oxygen atoms in total. The monoisotopic (exact) mass is 332 g/mol. The lowest BCUT2D eigenvalue weighted by molar-refractivity contribution is -0.124. The van der Waals surface area contributed by atoms with Gasteiger partial charge in [0.1, 0.15) is 6.10 Å². The number of benzene rings is 1. The van der Waals surface area contributed by atoms with Gasteiger partial charge in [-0.05, 0) is 44.9 Å². The third-order valence-corrected chi connectivity index (χ3v) is 4.31. The van der Waals surface area contributed by atoms with E-state index < -0.39 is 0 Å². The molecule has 6 heteroatoms. The number of ether oxygens (including phenoxy) is 2. The molecule has 0 aliphatic carbocycles. The first-order chi connectivity index (χ1) is 11.5. The number of carbonyl (C=O) groups excluding carboxylic acids is 2. The Labute approximate surface area is 142 Å². The zero-order chi connectivity index (χ0) is 17.1. The molecule has 0 aromatic heterocycles. The third kappa shape index (κ3) is 3.94. The Balaban J connectivity index is 1.68. The molecular formula is C18H24N2O4. The highest BCUT2D eigenvalue weighted by Gasteiger charge is 2.27. The summed E-state index contributed by atoms with van der Waals surface area (Å²) in [5.74, 6) is -0.184.